The number of nitrogens with one attached hydrogen (secondary N) is 1. The van der Waals surface area contributed by atoms with E-state index < -0.39 is 0 Å². The van der Waals surface area contributed by atoms with Gasteiger partial charge in [-0.2, -0.15) is 0 Å². The highest BCUT2D eigenvalue weighted by molar-refractivity contribution is 6.30. The molecule has 0 radical (unpaired) electrons. The fourth-order valence-corrected chi connectivity index (χ4v) is 2.43. The maximum atomic E-state index is 12.2. The molecule has 134 valence electrons. The molecule has 0 aliphatic heterocycles. The third kappa shape index (κ3) is 6.19. The summed E-state index contributed by atoms with van der Waals surface area (Å²) < 4.78 is 10.9. The first-order valence-corrected chi connectivity index (χ1v) is 8.47. The summed E-state index contributed by atoms with van der Waals surface area (Å²) in [7, 11) is 3.37. The molecule has 0 saturated heterocycles. The molecule has 2 rings (SSSR count). The highest BCUT2D eigenvalue weighted by Crippen LogP contribution is 2.27. The summed E-state index contributed by atoms with van der Waals surface area (Å²) in [5.41, 5.74) is 0.776. The molecule has 0 saturated carbocycles. The number of hydrogen-bond acceptors (Lipinski definition) is 4. The summed E-state index contributed by atoms with van der Waals surface area (Å²) in [4.78, 5) is 13.8. The number of benzene rings is 2. The van der Waals surface area contributed by atoms with Crippen molar-refractivity contribution in [3.63, 3.8) is 0 Å². The molecule has 0 spiro atoms. The van der Waals surface area contributed by atoms with Gasteiger partial charge < -0.3 is 19.7 Å². The predicted molar refractivity (Wildman–Crippen MR) is 101 cm³/mol. The molecule has 5 nitrogen and oxygen atoms in total. The SMILES string of the molecule is COc1ccc(Cl)cc1NCCC(=O)N(C)CCOc1ccccc1. The second-order valence-corrected chi connectivity index (χ2v) is 5.93. The van der Waals surface area contributed by atoms with Crippen LogP contribution in [0.5, 0.6) is 11.5 Å². The van der Waals surface area contributed by atoms with E-state index in [-0.39, 0.29) is 5.91 Å². The van der Waals surface area contributed by atoms with Gasteiger partial charge in [0, 0.05) is 25.0 Å². The number of halogens is 1. The number of likely N-dealkylation sites (N-methyl/N-ethyl adjacent to an activating group) is 1. The number of ether oxygens (including phenoxy) is 2. The lowest BCUT2D eigenvalue weighted by atomic mass is 10.2. The van der Waals surface area contributed by atoms with Gasteiger partial charge in [0.2, 0.25) is 5.91 Å². The van der Waals surface area contributed by atoms with Crippen LogP contribution in [0.1, 0.15) is 6.42 Å². The van der Waals surface area contributed by atoms with Crippen molar-refractivity contribution >= 4 is 23.2 Å². The Hall–Kier alpha value is -2.40. The summed E-state index contributed by atoms with van der Waals surface area (Å²) in [6.07, 6.45) is 0.373. The van der Waals surface area contributed by atoms with Gasteiger partial charge in [-0.05, 0) is 30.3 Å². The standard InChI is InChI=1S/C19H23ClN2O3/c1-22(12-13-25-16-6-4-3-5-7-16)19(23)10-11-21-17-14-15(20)8-9-18(17)24-2/h3-9,14,21H,10-13H2,1-2H3. The van der Waals surface area contributed by atoms with Crippen LogP contribution >= 0.6 is 11.6 Å². The van der Waals surface area contributed by atoms with Crippen molar-refractivity contribution in [3.8, 4) is 11.5 Å². The van der Waals surface area contributed by atoms with Gasteiger partial charge in [0.15, 0.2) is 0 Å². The molecule has 0 aromatic heterocycles. The summed E-state index contributed by atoms with van der Waals surface area (Å²) in [6, 6.07) is 14.9. The summed E-state index contributed by atoms with van der Waals surface area (Å²) in [5.74, 6) is 1.55. The number of carbonyl (C=O) groups excluding carboxylic acids is 1. The van der Waals surface area contributed by atoms with Crippen LogP contribution in [0.4, 0.5) is 5.69 Å². The molecule has 0 heterocycles. The minimum Gasteiger partial charge on any atom is -0.495 e. The Labute approximate surface area is 153 Å². The van der Waals surface area contributed by atoms with Crippen molar-refractivity contribution in [2.45, 2.75) is 6.42 Å². The van der Waals surface area contributed by atoms with Crippen LogP contribution in [0.15, 0.2) is 48.5 Å². The van der Waals surface area contributed by atoms with E-state index >= 15 is 0 Å². The second-order valence-electron chi connectivity index (χ2n) is 5.50. The maximum absolute atomic E-state index is 12.2. The van der Waals surface area contributed by atoms with Crippen LogP contribution in [0.25, 0.3) is 0 Å². The molecule has 2 aromatic rings. The Morgan fingerprint density at radius 2 is 1.96 bits per heavy atom. The molecular weight excluding hydrogens is 340 g/mol. The molecule has 0 aliphatic rings. The first kappa shape index (κ1) is 18.9. The van der Waals surface area contributed by atoms with E-state index in [1.807, 2.05) is 30.3 Å². The van der Waals surface area contributed by atoms with E-state index in [9.17, 15) is 4.79 Å². The normalized spacial score (nSPS) is 10.2. The number of rotatable bonds is 9. The maximum Gasteiger partial charge on any atom is 0.224 e. The highest BCUT2D eigenvalue weighted by atomic mass is 35.5. The molecule has 2 aromatic carbocycles. The van der Waals surface area contributed by atoms with Crippen LogP contribution in [0, 0.1) is 0 Å². The molecule has 1 N–H and O–H groups in total. The molecule has 0 atom stereocenters. The minimum absolute atomic E-state index is 0.0464. The van der Waals surface area contributed by atoms with E-state index in [1.165, 1.54) is 0 Å². The van der Waals surface area contributed by atoms with E-state index in [2.05, 4.69) is 5.32 Å². The highest BCUT2D eigenvalue weighted by Gasteiger charge is 2.09. The number of hydrogen-bond donors (Lipinski definition) is 1. The van der Waals surface area contributed by atoms with Gasteiger partial charge in [0.1, 0.15) is 18.1 Å². The van der Waals surface area contributed by atoms with Crippen LogP contribution in [-0.4, -0.2) is 44.7 Å². The largest absolute Gasteiger partial charge is 0.495 e. The average Bonchev–Trinajstić information content (AvgIpc) is 2.62. The zero-order valence-electron chi connectivity index (χ0n) is 14.5. The molecule has 0 fully saturated rings. The van der Waals surface area contributed by atoms with Gasteiger partial charge in [-0.15, -0.1) is 0 Å². The lowest BCUT2D eigenvalue weighted by Gasteiger charge is -2.18. The topological polar surface area (TPSA) is 50.8 Å². The molecule has 25 heavy (non-hydrogen) atoms. The molecule has 0 bridgehead atoms. The molecule has 1 amide bonds. The molecule has 0 unspecified atom stereocenters. The van der Waals surface area contributed by atoms with Crippen molar-refractivity contribution in [2.75, 3.05) is 39.2 Å². The van der Waals surface area contributed by atoms with Crippen LogP contribution in [-0.2, 0) is 4.79 Å². The van der Waals surface area contributed by atoms with Crippen LogP contribution in [0.2, 0.25) is 5.02 Å². The van der Waals surface area contributed by atoms with Crippen LogP contribution < -0.4 is 14.8 Å². The first-order chi connectivity index (χ1) is 12.1. The third-order valence-corrected chi connectivity index (χ3v) is 3.92. The Morgan fingerprint density at radius 1 is 1.20 bits per heavy atom. The monoisotopic (exact) mass is 362 g/mol. The Bertz CT molecular complexity index is 680. The number of anilines is 1. The van der Waals surface area contributed by atoms with Crippen molar-refractivity contribution in [2.24, 2.45) is 0 Å². The van der Waals surface area contributed by atoms with E-state index in [0.29, 0.717) is 36.9 Å². The Balaban J connectivity index is 1.71. The van der Waals surface area contributed by atoms with E-state index in [4.69, 9.17) is 21.1 Å². The quantitative estimate of drug-likeness (QED) is 0.739. The summed E-state index contributed by atoms with van der Waals surface area (Å²) in [6.45, 7) is 1.50. The van der Waals surface area contributed by atoms with Crippen molar-refractivity contribution in [3.05, 3.63) is 53.6 Å². The van der Waals surface area contributed by atoms with Crippen molar-refractivity contribution in [1.29, 1.82) is 0 Å². The fraction of sp³-hybridized carbons (Fsp3) is 0.316. The van der Waals surface area contributed by atoms with E-state index in [0.717, 1.165) is 11.4 Å². The van der Waals surface area contributed by atoms with Gasteiger partial charge in [-0.3, -0.25) is 4.79 Å². The average molecular weight is 363 g/mol. The summed E-state index contributed by atoms with van der Waals surface area (Å²) >= 11 is 5.99. The predicted octanol–water partition coefficient (Wildman–Crippen LogP) is 3.69. The summed E-state index contributed by atoms with van der Waals surface area (Å²) in [5, 5.41) is 3.80. The van der Waals surface area contributed by atoms with Gasteiger partial charge in [-0.25, -0.2) is 0 Å². The smallest absolute Gasteiger partial charge is 0.224 e. The lowest BCUT2D eigenvalue weighted by Crippen LogP contribution is -2.32. The van der Waals surface area contributed by atoms with Crippen LogP contribution in [0.3, 0.4) is 0 Å². The van der Waals surface area contributed by atoms with Gasteiger partial charge >= 0.3 is 0 Å². The number of para-hydroxylation sites is 1. The van der Waals surface area contributed by atoms with Gasteiger partial charge in [0.25, 0.3) is 0 Å². The molecule has 0 aliphatic carbocycles. The van der Waals surface area contributed by atoms with Crippen molar-refractivity contribution in [1.82, 2.24) is 4.90 Å². The first-order valence-electron chi connectivity index (χ1n) is 8.09. The zero-order chi connectivity index (χ0) is 18.1. The Morgan fingerprint density at radius 3 is 2.68 bits per heavy atom. The number of amides is 1. The lowest BCUT2D eigenvalue weighted by molar-refractivity contribution is -0.129. The number of nitrogens with zero attached hydrogens (tertiary/aromatic N) is 1. The zero-order valence-corrected chi connectivity index (χ0v) is 15.3. The number of carbonyl (C=O) groups is 1. The fourth-order valence-electron chi connectivity index (χ4n) is 2.26. The second kappa shape index (κ2) is 9.79. The third-order valence-electron chi connectivity index (χ3n) is 3.68. The van der Waals surface area contributed by atoms with Gasteiger partial charge in [0.05, 0.1) is 19.3 Å². The molecular formula is C19H23ClN2O3. The van der Waals surface area contributed by atoms with Crippen molar-refractivity contribution < 1.29 is 14.3 Å². The van der Waals surface area contributed by atoms with E-state index in [1.54, 1.807) is 37.3 Å². The number of methoxy groups -OCH3 is 1. The minimum atomic E-state index is 0.0464. The molecule has 6 heteroatoms. The Kier molecular flexibility index (Phi) is 7.41. The van der Waals surface area contributed by atoms with Gasteiger partial charge in [-0.1, -0.05) is 29.8 Å².